The van der Waals surface area contributed by atoms with Gasteiger partial charge in [-0.2, -0.15) is 0 Å². The zero-order valence-corrected chi connectivity index (χ0v) is 8.67. The molecule has 78 valence electrons. The van der Waals surface area contributed by atoms with Crippen LogP contribution in [0.5, 0.6) is 5.88 Å². The van der Waals surface area contributed by atoms with E-state index < -0.39 is 0 Å². The number of unbranched alkanes of at least 4 members (excludes halogenated alkanes) is 2. The highest BCUT2D eigenvalue weighted by atomic mass is 16.5. The highest BCUT2D eigenvalue weighted by Crippen LogP contribution is 2.12. The van der Waals surface area contributed by atoms with Crippen LogP contribution in [0, 0.1) is 0 Å². The Morgan fingerprint density at radius 3 is 2.93 bits per heavy atom. The van der Waals surface area contributed by atoms with Gasteiger partial charge in [-0.3, -0.25) is 4.79 Å². The van der Waals surface area contributed by atoms with Crippen LogP contribution in [-0.4, -0.2) is 17.1 Å². The minimum Gasteiger partial charge on any atom is -0.480 e. The minimum absolute atomic E-state index is 0.169. The summed E-state index contributed by atoms with van der Waals surface area (Å²) in [5.41, 5.74) is 0.630. The lowest BCUT2D eigenvalue weighted by Gasteiger charge is -2.05. The molecular weight excluding hydrogens is 180 g/mol. The van der Waals surface area contributed by atoms with Gasteiger partial charge < -0.3 is 9.72 Å². The molecule has 0 aliphatic rings. The number of hydrogen-bond acceptors (Lipinski definition) is 3. The molecule has 4 heteroatoms. The molecule has 0 unspecified atom stereocenters. The summed E-state index contributed by atoms with van der Waals surface area (Å²) in [6.07, 6.45) is 5.42. The first-order valence-electron chi connectivity index (χ1n) is 4.90. The molecule has 4 nitrogen and oxygen atoms in total. The van der Waals surface area contributed by atoms with Gasteiger partial charge >= 0.3 is 0 Å². The van der Waals surface area contributed by atoms with Crippen LogP contribution >= 0.6 is 0 Å². The standard InChI is InChI=1S/C10H16N2O2/c1-3-4-5-6-8-10(14-2)11-7-9(13)12-8/h7H,3-6H2,1-2H3,(H,12,13). The molecule has 1 N–H and O–H groups in total. The van der Waals surface area contributed by atoms with Crippen LogP contribution < -0.4 is 10.3 Å². The van der Waals surface area contributed by atoms with Crippen LogP contribution in [0.4, 0.5) is 0 Å². The van der Waals surface area contributed by atoms with Crippen molar-refractivity contribution >= 4 is 0 Å². The molecule has 0 spiro atoms. The van der Waals surface area contributed by atoms with Crippen molar-refractivity contribution in [2.24, 2.45) is 0 Å². The van der Waals surface area contributed by atoms with E-state index in [1.807, 2.05) is 0 Å². The van der Waals surface area contributed by atoms with Gasteiger partial charge in [0.05, 0.1) is 19.0 Å². The zero-order chi connectivity index (χ0) is 10.4. The van der Waals surface area contributed by atoms with E-state index in [2.05, 4.69) is 16.9 Å². The predicted octanol–water partition coefficient (Wildman–Crippen LogP) is 1.51. The van der Waals surface area contributed by atoms with Crippen molar-refractivity contribution in [3.63, 3.8) is 0 Å². The molecule has 0 radical (unpaired) electrons. The molecule has 1 heterocycles. The first kappa shape index (κ1) is 10.8. The second-order valence-corrected chi connectivity index (χ2v) is 3.19. The van der Waals surface area contributed by atoms with E-state index >= 15 is 0 Å². The van der Waals surface area contributed by atoms with Crippen molar-refractivity contribution in [3.8, 4) is 5.88 Å². The number of aromatic amines is 1. The maximum absolute atomic E-state index is 11.0. The quantitative estimate of drug-likeness (QED) is 0.726. The van der Waals surface area contributed by atoms with E-state index in [0.29, 0.717) is 5.88 Å². The van der Waals surface area contributed by atoms with Gasteiger partial charge in [0.25, 0.3) is 5.56 Å². The molecule has 0 atom stereocenters. The summed E-state index contributed by atoms with van der Waals surface area (Å²) in [6.45, 7) is 2.14. The molecule has 0 aliphatic heterocycles. The van der Waals surface area contributed by atoms with Crippen LogP contribution in [0.3, 0.4) is 0 Å². The SMILES string of the molecule is CCCCCc1[nH]c(=O)cnc1OC. The Bertz CT molecular complexity index is 333. The summed E-state index contributed by atoms with van der Waals surface area (Å²) in [7, 11) is 1.56. The Balaban J connectivity index is 2.72. The monoisotopic (exact) mass is 196 g/mol. The largest absolute Gasteiger partial charge is 0.480 e. The number of nitrogens with one attached hydrogen (secondary N) is 1. The Morgan fingerprint density at radius 1 is 1.50 bits per heavy atom. The molecule has 0 saturated carbocycles. The maximum atomic E-state index is 11.0. The summed E-state index contributed by atoms with van der Waals surface area (Å²) in [6, 6.07) is 0. The first-order chi connectivity index (χ1) is 6.77. The summed E-state index contributed by atoms with van der Waals surface area (Å²) >= 11 is 0. The molecule has 0 bridgehead atoms. The average molecular weight is 196 g/mol. The Labute approximate surface area is 83.3 Å². The highest BCUT2D eigenvalue weighted by Gasteiger charge is 2.04. The lowest BCUT2D eigenvalue weighted by Crippen LogP contribution is -2.11. The van der Waals surface area contributed by atoms with Crippen LogP contribution in [0.15, 0.2) is 11.0 Å². The number of aryl methyl sites for hydroxylation is 1. The van der Waals surface area contributed by atoms with Crippen molar-refractivity contribution in [3.05, 3.63) is 22.2 Å². The zero-order valence-electron chi connectivity index (χ0n) is 8.67. The molecule has 0 amide bonds. The first-order valence-corrected chi connectivity index (χ1v) is 4.90. The molecule has 0 fully saturated rings. The van der Waals surface area contributed by atoms with Crippen LogP contribution in [0.1, 0.15) is 31.9 Å². The van der Waals surface area contributed by atoms with Gasteiger partial charge in [-0.05, 0) is 12.8 Å². The highest BCUT2D eigenvalue weighted by molar-refractivity contribution is 5.16. The third-order valence-electron chi connectivity index (χ3n) is 2.05. The van der Waals surface area contributed by atoms with E-state index in [0.717, 1.165) is 31.4 Å². The topological polar surface area (TPSA) is 55.0 Å². The molecule has 1 aromatic rings. The number of rotatable bonds is 5. The third-order valence-corrected chi connectivity index (χ3v) is 2.05. The van der Waals surface area contributed by atoms with Gasteiger partial charge in [0.2, 0.25) is 5.88 Å². The van der Waals surface area contributed by atoms with E-state index in [4.69, 9.17) is 4.74 Å². The fraction of sp³-hybridized carbons (Fsp3) is 0.600. The second kappa shape index (κ2) is 5.42. The number of hydrogen-bond donors (Lipinski definition) is 1. The van der Waals surface area contributed by atoms with Crippen molar-refractivity contribution in [1.82, 2.24) is 9.97 Å². The van der Waals surface area contributed by atoms with E-state index in [1.54, 1.807) is 7.11 Å². The normalized spacial score (nSPS) is 10.1. The van der Waals surface area contributed by atoms with E-state index in [-0.39, 0.29) is 5.56 Å². The summed E-state index contributed by atoms with van der Waals surface area (Å²) in [5, 5.41) is 0. The fourth-order valence-electron chi connectivity index (χ4n) is 1.33. The van der Waals surface area contributed by atoms with Gasteiger partial charge in [-0.15, -0.1) is 0 Å². The minimum atomic E-state index is -0.169. The number of aromatic nitrogens is 2. The smallest absolute Gasteiger partial charge is 0.266 e. The molecule has 0 saturated heterocycles. The second-order valence-electron chi connectivity index (χ2n) is 3.19. The Hall–Kier alpha value is -1.32. The molecule has 1 aromatic heterocycles. The summed E-state index contributed by atoms with van der Waals surface area (Å²) in [4.78, 5) is 17.7. The number of H-pyrrole nitrogens is 1. The Kier molecular flexibility index (Phi) is 4.16. The van der Waals surface area contributed by atoms with Crippen molar-refractivity contribution in [2.45, 2.75) is 32.6 Å². The van der Waals surface area contributed by atoms with Crippen LogP contribution in [-0.2, 0) is 6.42 Å². The predicted molar refractivity (Wildman–Crippen MR) is 54.6 cm³/mol. The molecule has 14 heavy (non-hydrogen) atoms. The average Bonchev–Trinajstić information content (AvgIpc) is 2.19. The van der Waals surface area contributed by atoms with Gasteiger partial charge in [-0.25, -0.2) is 4.98 Å². The maximum Gasteiger partial charge on any atom is 0.266 e. The Morgan fingerprint density at radius 2 is 2.29 bits per heavy atom. The van der Waals surface area contributed by atoms with E-state index in [1.165, 1.54) is 6.20 Å². The number of ether oxygens (including phenoxy) is 1. The molecular formula is C10H16N2O2. The van der Waals surface area contributed by atoms with E-state index in [9.17, 15) is 4.79 Å². The van der Waals surface area contributed by atoms with Gasteiger partial charge in [0.15, 0.2) is 0 Å². The summed E-state index contributed by atoms with van der Waals surface area (Å²) in [5.74, 6) is 0.528. The fourth-order valence-corrected chi connectivity index (χ4v) is 1.33. The van der Waals surface area contributed by atoms with Crippen molar-refractivity contribution in [1.29, 1.82) is 0 Å². The number of methoxy groups -OCH3 is 1. The molecule has 0 aliphatic carbocycles. The van der Waals surface area contributed by atoms with Crippen LogP contribution in [0.2, 0.25) is 0 Å². The molecule has 0 aromatic carbocycles. The van der Waals surface area contributed by atoms with Crippen molar-refractivity contribution < 1.29 is 4.74 Å². The molecule has 1 rings (SSSR count). The van der Waals surface area contributed by atoms with Crippen molar-refractivity contribution in [2.75, 3.05) is 7.11 Å². The third kappa shape index (κ3) is 2.87. The number of nitrogens with zero attached hydrogens (tertiary/aromatic N) is 1. The van der Waals surface area contributed by atoms with Gasteiger partial charge in [-0.1, -0.05) is 19.8 Å². The van der Waals surface area contributed by atoms with Gasteiger partial charge in [0.1, 0.15) is 0 Å². The lowest BCUT2D eigenvalue weighted by atomic mass is 10.1. The summed E-state index contributed by atoms with van der Waals surface area (Å²) < 4.78 is 5.05. The van der Waals surface area contributed by atoms with Crippen LogP contribution in [0.25, 0.3) is 0 Å². The van der Waals surface area contributed by atoms with Gasteiger partial charge in [0, 0.05) is 0 Å². The lowest BCUT2D eigenvalue weighted by molar-refractivity contribution is 0.387.